The van der Waals surface area contributed by atoms with Crippen molar-refractivity contribution < 1.29 is 14.4 Å². The molecule has 0 unspecified atom stereocenters. The SMILES string of the molecule is C[C@@]1(c2ccc(NC(=O)CCn3cnc4sc5c(c4c3=O)CCCC5)cc2)NC(=O)NC1=O. The number of hydrogen-bond donors (Lipinski definition) is 3. The Bertz CT molecular complexity index is 1340. The van der Waals surface area contributed by atoms with Gasteiger partial charge in [-0.3, -0.25) is 24.3 Å². The Kier molecular flexibility index (Phi) is 5.24. The molecule has 1 aliphatic heterocycles. The highest BCUT2D eigenvalue weighted by Gasteiger charge is 2.43. The van der Waals surface area contributed by atoms with Gasteiger partial charge in [0.15, 0.2) is 0 Å². The van der Waals surface area contributed by atoms with Crippen molar-refractivity contribution in [2.45, 2.75) is 51.1 Å². The molecule has 1 atom stereocenters. The number of anilines is 1. The highest BCUT2D eigenvalue weighted by Crippen LogP contribution is 2.33. The summed E-state index contributed by atoms with van der Waals surface area (Å²) in [5.74, 6) is -0.660. The van der Waals surface area contributed by atoms with Crippen LogP contribution in [0.5, 0.6) is 0 Å². The molecule has 0 bridgehead atoms. The van der Waals surface area contributed by atoms with Crippen molar-refractivity contribution in [3.05, 3.63) is 57.0 Å². The third-order valence-corrected chi connectivity index (χ3v) is 7.51. The van der Waals surface area contributed by atoms with Crippen molar-refractivity contribution in [2.75, 3.05) is 5.32 Å². The fourth-order valence-electron chi connectivity index (χ4n) is 4.42. The second-order valence-electron chi connectivity index (χ2n) is 8.54. The van der Waals surface area contributed by atoms with Crippen LogP contribution in [0.3, 0.4) is 0 Å². The largest absolute Gasteiger partial charge is 0.326 e. The molecule has 4 amide bonds. The molecule has 5 rings (SSSR count). The summed E-state index contributed by atoms with van der Waals surface area (Å²) in [5.41, 5.74) is 1.08. The van der Waals surface area contributed by atoms with Crippen LogP contribution >= 0.6 is 11.3 Å². The number of thiophene rings is 1. The van der Waals surface area contributed by atoms with Crippen LogP contribution in [-0.4, -0.2) is 27.4 Å². The van der Waals surface area contributed by atoms with Gasteiger partial charge < -0.3 is 10.6 Å². The lowest BCUT2D eigenvalue weighted by atomic mass is 9.92. The maximum absolute atomic E-state index is 13.0. The molecule has 33 heavy (non-hydrogen) atoms. The van der Waals surface area contributed by atoms with E-state index in [1.807, 2.05) is 0 Å². The fourth-order valence-corrected chi connectivity index (χ4v) is 5.64. The molecule has 1 aromatic carbocycles. The minimum absolute atomic E-state index is 0.0818. The van der Waals surface area contributed by atoms with Crippen LogP contribution in [0, 0.1) is 0 Å². The predicted molar refractivity (Wildman–Crippen MR) is 124 cm³/mol. The number of urea groups is 1. The van der Waals surface area contributed by atoms with Crippen molar-refractivity contribution >= 4 is 45.1 Å². The van der Waals surface area contributed by atoms with Crippen molar-refractivity contribution in [3.8, 4) is 0 Å². The van der Waals surface area contributed by atoms with E-state index in [4.69, 9.17) is 0 Å². The lowest BCUT2D eigenvalue weighted by molar-refractivity contribution is -0.123. The quantitative estimate of drug-likeness (QED) is 0.500. The van der Waals surface area contributed by atoms with Crippen molar-refractivity contribution in [1.29, 1.82) is 0 Å². The van der Waals surface area contributed by atoms with Gasteiger partial charge in [-0.2, -0.15) is 0 Å². The summed E-state index contributed by atoms with van der Waals surface area (Å²) < 4.78 is 1.51. The number of rotatable bonds is 5. The van der Waals surface area contributed by atoms with E-state index in [0.29, 0.717) is 16.6 Å². The molecule has 9 nitrogen and oxygen atoms in total. The van der Waals surface area contributed by atoms with E-state index in [-0.39, 0.29) is 24.4 Å². The van der Waals surface area contributed by atoms with Crippen molar-refractivity contribution in [1.82, 2.24) is 20.2 Å². The average Bonchev–Trinajstić information content (AvgIpc) is 3.30. The maximum atomic E-state index is 13.0. The Hall–Kier alpha value is -3.53. The van der Waals surface area contributed by atoms with Crippen LogP contribution in [0.1, 0.15) is 42.2 Å². The van der Waals surface area contributed by atoms with Gasteiger partial charge in [-0.15, -0.1) is 11.3 Å². The molecule has 3 N–H and O–H groups in total. The second kappa shape index (κ2) is 8.11. The highest BCUT2D eigenvalue weighted by molar-refractivity contribution is 7.18. The number of fused-ring (bicyclic) bond motifs is 3. The molecular weight excluding hydrogens is 442 g/mol. The summed E-state index contributed by atoms with van der Waals surface area (Å²) >= 11 is 1.61. The molecule has 10 heteroatoms. The Balaban J connectivity index is 1.25. The first-order valence-corrected chi connectivity index (χ1v) is 11.7. The molecule has 2 aromatic heterocycles. The number of imide groups is 1. The molecule has 170 valence electrons. The molecule has 2 aliphatic rings. The van der Waals surface area contributed by atoms with E-state index >= 15 is 0 Å². The first-order valence-electron chi connectivity index (χ1n) is 10.9. The number of amides is 4. The molecule has 0 spiro atoms. The topological polar surface area (TPSA) is 122 Å². The van der Waals surface area contributed by atoms with E-state index in [1.54, 1.807) is 42.5 Å². The summed E-state index contributed by atoms with van der Waals surface area (Å²) in [4.78, 5) is 55.5. The number of nitrogens with one attached hydrogen (secondary N) is 3. The van der Waals surface area contributed by atoms with Gasteiger partial charge in [-0.25, -0.2) is 9.78 Å². The highest BCUT2D eigenvalue weighted by atomic mass is 32.1. The third kappa shape index (κ3) is 3.80. The van der Waals surface area contributed by atoms with Gasteiger partial charge >= 0.3 is 6.03 Å². The zero-order valence-corrected chi connectivity index (χ0v) is 18.9. The molecule has 1 aliphatic carbocycles. The molecule has 0 saturated carbocycles. The van der Waals surface area contributed by atoms with Gasteiger partial charge in [-0.1, -0.05) is 12.1 Å². The van der Waals surface area contributed by atoms with Crippen LogP contribution in [-0.2, 0) is 34.5 Å². The van der Waals surface area contributed by atoms with Gasteiger partial charge in [0.25, 0.3) is 11.5 Å². The number of carbonyl (C=O) groups excluding carboxylic acids is 3. The van der Waals surface area contributed by atoms with E-state index in [9.17, 15) is 19.2 Å². The Labute approximate surface area is 193 Å². The molecular formula is C23H23N5O4S. The number of nitrogens with zero attached hydrogens (tertiary/aromatic N) is 2. The number of aryl methyl sites for hydroxylation is 3. The number of carbonyl (C=O) groups is 3. The van der Waals surface area contributed by atoms with Gasteiger partial charge in [-0.05, 0) is 55.9 Å². The van der Waals surface area contributed by atoms with Crippen LogP contribution in [0.4, 0.5) is 10.5 Å². The Morgan fingerprint density at radius 1 is 1.18 bits per heavy atom. The normalized spacial score (nSPS) is 19.8. The molecule has 3 heterocycles. The van der Waals surface area contributed by atoms with Crippen molar-refractivity contribution in [3.63, 3.8) is 0 Å². The van der Waals surface area contributed by atoms with Gasteiger partial charge in [0.05, 0.1) is 11.7 Å². The molecule has 3 aromatic rings. The summed E-state index contributed by atoms with van der Waals surface area (Å²) in [6.45, 7) is 1.86. The zero-order valence-electron chi connectivity index (χ0n) is 18.1. The average molecular weight is 466 g/mol. The third-order valence-electron chi connectivity index (χ3n) is 6.31. The standard InChI is InChI=1S/C23H23N5O4S/c1-23(21(31)26-22(32)27-23)13-6-8-14(9-7-13)25-17(29)10-11-28-12-24-19-18(20(28)30)15-4-2-3-5-16(15)33-19/h6-9,12H,2-5,10-11H2,1H3,(H,25,29)(H2,26,27,31,32)/t23-/m0/s1. The lowest BCUT2D eigenvalue weighted by Crippen LogP contribution is -2.40. The monoisotopic (exact) mass is 465 g/mol. The fraction of sp³-hybridized carbons (Fsp3) is 0.348. The summed E-state index contributed by atoms with van der Waals surface area (Å²) in [7, 11) is 0. The van der Waals surface area contributed by atoms with Crippen LogP contribution in [0.25, 0.3) is 10.2 Å². The summed E-state index contributed by atoms with van der Waals surface area (Å²) in [6, 6.07) is 6.18. The van der Waals surface area contributed by atoms with Crippen LogP contribution in [0.15, 0.2) is 35.4 Å². The van der Waals surface area contributed by atoms with E-state index in [2.05, 4.69) is 20.9 Å². The van der Waals surface area contributed by atoms with Gasteiger partial charge in [0.2, 0.25) is 5.91 Å². The number of benzene rings is 1. The zero-order chi connectivity index (χ0) is 23.2. The lowest BCUT2D eigenvalue weighted by Gasteiger charge is -2.21. The van der Waals surface area contributed by atoms with E-state index in [0.717, 1.165) is 36.1 Å². The first-order chi connectivity index (χ1) is 15.8. The maximum Gasteiger partial charge on any atom is 0.322 e. The van der Waals surface area contributed by atoms with Gasteiger partial charge in [0.1, 0.15) is 10.4 Å². The van der Waals surface area contributed by atoms with E-state index < -0.39 is 17.5 Å². The first kappa shape index (κ1) is 21.3. The number of hydrogen-bond acceptors (Lipinski definition) is 6. The molecule has 0 radical (unpaired) electrons. The summed E-state index contributed by atoms with van der Waals surface area (Å²) in [5, 5.41) is 8.35. The van der Waals surface area contributed by atoms with Gasteiger partial charge in [0, 0.05) is 23.5 Å². The Morgan fingerprint density at radius 3 is 2.67 bits per heavy atom. The van der Waals surface area contributed by atoms with Crippen LogP contribution < -0.4 is 21.5 Å². The van der Waals surface area contributed by atoms with Crippen LogP contribution in [0.2, 0.25) is 0 Å². The van der Waals surface area contributed by atoms with Crippen molar-refractivity contribution in [2.24, 2.45) is 0 Å². The minimum Gasteiger partial charge on any atom is -0.326 e. The van der Waals surface area contributed by atoms with E-state index in [1.165, 1.54) is 15.8 Å². The summed E-state index contributed by atoms with van der Waals surface area (Å²) in [6.07, 6.45) is 5.80. The smallest absolute Gasteiger partial charge is 0.322 e. The second-order valence-corrected chi connectivity index (χ2v) is 9.63. The molecule has 1 fully saturated rings. The number of aromatic nitrogens is 2. The molecule has 1 saturated heterocycles. The Morgan fingerprint density at radius 2 is 1.94 bits per heavy atom. The predicted octanol–water partition coefficient (Wildman–Crippen LogP) is 2.42. The minimum atomic E-state index is -1.15.